The minimum atomic E-state index is -5.25. The van der Waals surface area contributed by atoms with Crippen LogP contribution < -0.4 is 5.73 Å². The van der Waals surface area contributed by atoms with Crippen LogP contribution in [0.5, 0.6) is 0 Å². The summed E-state index contributed by atoms with van der Waals surface area (Å²) in [6.45, 7) is 1.65. The van der Waals surface area contributed by atoms with Gasteiger partial charge in [0.05, 0.1) is 11.9 Å². The summed E-state index contributed by atoms with van der Waals surface area (Å²) in [4.78, 5) is 34.0. The van der Waals surface area contributed by atoms with E-state index in [4.69, 9.17) is 15.6 Å². The number of benzene rings is 1. The number of carboxylic acids is 1. The number of hydrogen-bond acceptors (Lipinski definition) is 8. The number of alkyl halides is 6. The first-order valence-electron chi connectivity index (χ1n) is 9.81. The summed E-state index contributed by atoms with van der Waals surface area (Å²) in [5.41, 5.74) is 2.41. The number of halogens is 6. The lowest BCUT2D eigenvalue weighted by atomic mass is 9.88. The zero-order chi connectivity index (χ0) is 28.3. The number of anilines is 1. The molecule has 0 aliphatic rings. The molecule has 2 aromatic heterocycles. The highest BCUT2D eigenvalue weighted by Crippen LogP contribution is 2.41. The van der Waals surface area contributed by atoms with Crippen LogP contribution in [0.1, 0.15) is 11.1 Å². The van der Waals surface area contributed by atoms with E-state index in [9.17, 15) is 36.2 Å². The molecular weight excluding hydrogens is 516 g/mol. The van der Waals surface area contributed by atoms with E-state index in [2.05, 4.69) is 20.1 Å². The van der Waals surface area contributed by atoms with E-state index >= 15 is 0 Å². The molecule has 0 fully saturated rings. The summed E-state index contributed by atoms with van der Waals surface area (Å²) in [5.74, 6) is -4.11. The van der Waals surface area contributed by atoms with E-state index in [1.165, 1.54) is 29.6 Å². The van der Waals surface area contributed by atoms with Crippen LogP contribution in [0, 0.1) is 6.92 Å². The average molecular weight is 535 g/mol. The topological polar surface area (TPSA) is 160 Å². The number of aliphatic carboxylic acids is 1. The maximum absolute atomic E-state index is 13.8. The molecular formula is C20H19F6N7O4. The summed E-state index contributed by atoms with van der Waals surface area (Å²) in [7, 11) is 2.26. The Bertz CT molecular complexity index is 1280. The molecule has 1 atom stereocenters. The largest absolute Gasteiger partial charge is 0.490 e. The number of amides is 1. The number of likely N-dealkylation sites (N-methyl/N-ethyl adjacent to an activating group) is 1. The Morgan fingerprint density at radius 3 is 2.16 bits per heavy atom. The number of aliphatic hydroxyl groups is 1. The van der Waals surface area contributed by atoms with Crippen LogP contribution in [0.15, 0.2) is 37.1 Å². The third-order valence-electron chi connectivity index (χ3n) is 4.72. The number of carboxylic acid groups (broad SMARTS) is 1. The fourth-order valence-electron chi connectivity index (χ4n) is 2.86. The Labute approximate surface area is 204 Å². The fraction of sp³-hybridized carbons (Fsp3) is 0.300. The number of nitrogens with zero attached hydrogens (tertiary/aromatic N) is 6. The van der Waals surface area contributed by atoms with Gasteiger partial charge in [-0.25, -0.2) is 19.7 Å². The molecule has 1 amide bonds. The van der Waals surface area contributed by atoms with Crippen LogP contribution in [-0.4, -0.2) is 78.2 Å². The number of aryl methyl sites for hydroxylation is 1. The molecule has 3 rings (SSSR count). The first-order valence-corrected chi connectivity index (χ1v) is 9.81. The van der Waals surface area contributed by atoms with Gasteiger partial charge in [0.15, 0.2) is 11.6 Å². The van der Waals surface area contributed by atoms with Crippen LogP contribution in [0.3, 0.4) is 0 Å². The zero-order valence-electron chi connectivity index (χ0n) is 19.2. The number of carbonyl (C=O) groups excluding carboxylic acids is 1. The van der Waals surface area contributed by atoms with Crippen molar-refractivity contribution in [3.8, 4) is 17.1 Å². The lowest BCUT2D eigenvalue weighted by Gasteiger charge is -2.32. The van der Waals surface area contributed by atoms with Crippen molar-refractivity contribution >= 4 is 17.7 Å². The molecule has 0 aliphatic carbocycles. The number of nitrogen functional groups attached to an aromatic ring is 1. The highest BCUT2D eigenvalue weighted by atomic mass is 19.4. The average Bonchev–Trinajstić information content (AvgIpc) is 3.32. The highest BCUT2D eigenvalue weighted by molar-refractivity contribution is 5.87. The Morgan fingerprint density at radius 1 is 1.11 bits per heavy atom. The second-order valence-electron chi connectivity index (χ2n) is 7.54. The first kappa shape index (κ1) is 29.0. The van der Waals surface area contributed by atoms with Gasteiger partial charge in [-0.05, 0) is 18.6 Å². The Hall–Kier alpha value is -4.28. The van der Waals surface area contributed by atoms with E-state index in [1.54, 1.807) is 6.92 Å². The van der Waals surface area contributed by atoms with Crippen molar-refractivity contribution in [2.45, 2.75) is 24.9 Å². The Kier molecular flexibility index (Phi) is 8.12. The number of hydrogen-bond donors (Lipinski definition) is 3. The predicted molar refractivity (Wildman–Crippen MR) is 114 cm³/mol. The van der Waals surface area contributed by atoms with E-state index in [1.807, 2.05) is 0 Å². The van der Waals surface area contributed by atoms with Gasteiger partial charge < -0.3 is 20.8 Å². The number of nitrogens with two attached hydrogens (primary N) is 1. The standard InChI is InChI=1S/C18H18F3N7O2.C2HF3O2/c1-10-4-5-11(17(30,18(19,20)21)16(29)27(2)3)6-12(10)13-7-24-14(22)15(26-13)28-9-23-8-25-28;3-2(4,5)1(6)7/h4-9,30H,1-3H3,(H2,22,24);(H,6,7)/t17-;/m0./s1. The number of aromatic nitrogens is 5. The summed E-state index contributed by atoms with van der Waals surface area (Å²) in [6, 6.07) is 3.48. The molecule has 0 saturated carbocycles. The van der Waals surface area contributed by atoms with E-state index in [0.29, 0.717) is 10.5 Å². The molecule has 0 unspecified atom stereocenters. The number of carbonyl (C=O) groups is 2. The van der Waals surface area contributed by atoms with Crippen LogP contribution in [-0.2, 0) is 15.2 Å². The molecule has 0 radical (unpaired) electrons. The lowest BCUT2D eigenvalue weighted by Crippen LogP contribution is -2.54. The normalized spacial score (nSPS) is 13.2. The molecule has 1 aromatic carbocycles. The van der Waals surface area contributed by atoms with Crippen molar-refractivity contribution in [1.29, 1.82) is 0 Å². The molecule has 0 aliphatic heterocycles. The monoisotopic (exact) mass is 535 g/mol. The van der Waals surface area contributed by atoms with E-state index in [-0.39, 0.29) is 22.9 Å². The molecule has 0 spiro atoms. The SMILES string of the molecule is Cc1ccc([C@](O)(C(=O)N(C)C)C(F)(F)F)cc1-c1cnc(N)c(-n2cncn2)n1.O=C(O)C(F)(F)F. The lowest BCUT2D eigenvalue weighted by molar-refractivity contribution is -0.260. The van der Waals surface area contributed by atoms with Crippen LogP contribution in [0.2, 0.25) is 0 Å². The Balaban J connectivity index is 0.000000604. The van der Waals surface area contributed by atoms with E-state index in [0.717, 1.165) is 26.2 Å². The van der Waals surface area contributed by atoms with Gasteiger partial charge in [0.25, 0.3) is 11.5 Å². The summed E-state index contributed by atoms with van der Waals surface area (Å²) in [6.07, 6.45) is -6.45. The summed E-state index contributed by atoms with van der Waals surface area (Å²) in [5, 5.41) is 21.5. The summed E-state index contributed by atoms with van der Waals surface area (Å²) >= 11 is 0. The smallest absolute Gasteiger partial charge is 0.475 e. The second-order valence-corrected chi connectivity index (χ2v) is 7.54. The zero-order valence-corrected chi connectivity index (χ0v) is 19.2. The van der Waals surface area contributed by atoms with Crippen LogP contribution in [0.4, 0.5) is 32.2 Å². The number of rotatable bonds is 4. The molecule has 4 N–H and O–H groups in total. The van der Waals surface area contributed by atoms with Crippen molar-refractivity contribution < 1.29 is 46.1 Å². The van der Waals surface area contributed by atoms with Crippen molar-refractivity contribution in [1.82, 2.24) is 29.6 Å². The van der Waals surface area contributed by atoms with Gasteiger partial charge in [-0.1, -0.05) is 12.1 Å². The van der Waals surface area contributed by atoms with Crippen molar-refractivity contribution in [3.63, 3.8) is 0 Å². The van der Waals surface area contributed by atoms with Gasteiger partial charge in [-0.15, -0.1) is 0 Å². The molecule has 0 bridgehead atoms. The second kappa shape index (κ2) is 10.4. The predicted octanol–water partition coefficient (Wildman–Crippen LogP) is 2.09. The molecule has 200 valence electrons. The van der Waals surface area contributed by atoms with Gasteiger partial charge >= 0.3 is 18.3 Å². The highest BCUT2D eigenvalue weighted by Gasteiger charge is 2.61. The fourth-order valence-corrected chi connectivity index (χ4v) is 2.86. The van der Waals surface area contributed by atoms with Gasteiger partial charge in [0.2, 0.25) is 0 Å². The van der Waals surface area contributed by atoms with Gasteiger partial charge in [-0.2, -0.15) is 36.1 Å². The van der Waals surface area contributed by atoms with Crippen LogP contribution in [0.25, 0.3) is 17.1 Å². The van der Waals surface area contributed by atoms with Crippen molar-refractivity contribution in [3.05, 3.63) is 48.2 Å². The minimum Gasteiger partial charge on any atom is -0.475 e. The molecule has 37 heavy (non-hydrogen) atoms. The van der Waals surface area contributed by atoms with Crippen molar-refractivity contribution in [2.75, 3.05) is 19.8 Å². The first-order chi connectivity index (χ1) is 16.9. The third kappa shape index (κ3) is 6.11. The van der Waals surface area contributed by atoms with Crippen LogP contribution >= 0.6 is 0 Å². The molecule has 2 heterocycles. The molecule has 17 heteroatoms. The van der Waals surface area contributed by atoms with E-state index < -0.39 is 35.4 Å². The van der Waals surface area contributed by atoms with Gasteiger partial charge in [0.1, 0.15) is 12.7 Å². The van der Waals surface area contributed by atoms with Gasteiger partial charge in [-0.3, -0.25) is 4.79 Å². The third-order valence-corrected chi connectivity index (χ3v) is 4.72. The van der Waals surface area contributed by atoms with Crippen molar-refractivity contribution in [2.24, 2.45) is 0 Å². The maximum Gasteiger partial charge on any atom is 0.490 e. The minimum absolute atomic E-state index is 0.0349. The summed E-state index contributed by atoms with van der Waals surface area (Å²) < 4.78 is 74.3. The molecule has 11 nitrogen and oxygen atoms in total. The molecule has 0 saturated heterocycles. The van der Waals surface area contributed by atoms with Gasteiger partial charge in [0, 0.05) is 25.2 Å². The maximum atomic E-state index is 13.8. The Morgan fingerprint density at radius 2 is 1.70 bits per heavy atom. The quantitative estimate of drug-likeness (QED) is 0.425. The molecule has 3 aromatic rings.